The van der Waals surface area contributed by atoms with Crippen LogP contribution < -0.4 is 11.5 Å². The Morgan fingerprint density at radius 2 is 1.57 bits per heavy atom. The van der Waals surface area contributed by atoms with Gasteiger partial charge in [0.05, 0.1) is 16.6 Å². The molecule has 0 saturated carbocycles. The first-order valence-corrected chi connectivity index (χ1v) is 7.89. The molecule has 0 spiro atoms. The summed E-state index contributed by atoms with van der Waals surface area (Å²) in [6.45, 7) is 1.71. The predicted molar refractivity (Wildman–Crippen MR) is 95.0 cm³/mol. The van der Waals surface area contributed by atoms with E-state index in [1.165, 1.54) is 24.3 Å². The third kappa shape index (κ3) is 5.04. The number of anilines is 2. The molecule has 13 heteroatoms. The zero-order valence-electron chi connectivity index (χ0n) is 15.0. The third-order valence-corrected chi connectivity index (χ3v) is 3.66. The molecule has 3 aromatic rings. The number of aryl methyl sites for hydroxylation is 1. The monoisotopic (exact) mass is 433 g/mol. The summed E-state index contributed by atoms with van der Waals surface area (Å²) in [5.74, 6) is -2.69. The van der Waals surface area contributed by atoms with Gasteiger partial charge in [0, 0.05) is 5.56 Å². The number of nitrogens with two attached hydrogens (primary N) is 2. The number of rotatable bonds is 1. The Morgan fingerprint density at radius 1 is 1.00 bits per heavy atom. The van der Waals surface area contributed by atoms with Crippen molar-refractivity contribution >= 4 is 28.8 Å². The van der Waals surface area contributed by atoms with Gasteiger partial charge in [-0.15, -0.1) is 0 Å². The molecule has 0 atom stereocenters. The van der Waals surface area contributed by atoms with Crippen molar-refractivity contribution < 1.29 is 36.2 Å². The van der Waals surface area contributed by atoms with Crippen LogP contribution in [0.1, 0.15) is 11.1 Å². The molecule has 160 valence electrons. The van der Waals surface area contributed by atoms with Gasteiger partial charge < -0.3 is 16.6 Å². The Bertz CT molecular complexity index is 1100. The summed E-state index contributed by atoms with van der Waals surface area (Å²) < 4.78 is 71.3. The smallest absolute Gasteiger partial charge is 0.475 e. The molecule has 30 heavy (non-hydrogen) atoms. The van der Waals surface area contributed by atoms with Crippen LogP contribution in [0.2, 0.25) is 0 Å². The maximum atomic E-state index is 13.2. The molecular formula is C17H13F6N5O2. The van der Waals surface area contributed by atoms with Gasteiger partial charge >= 0.3 is 18.3 Å². The van der Waals surface area contributed by atoms with Crippen LogP contribution in [-0.4, -0.2) is 32.2 Å². The lowest BCUT2D eigenvalue weighted by atomic mass is 10.0. The summed E-state index contributed by atoms with van der Waals surface area (Å²) in [4.78, 5) is 20.9. The minimum atomic E-state index is -5.08. The van der Waals surface area contributed by atoms with Gasteiger partial charge in [-0.3, -0.25) is 0 Å². The molecule has 0 amide bonds. The molecule has 0 aliphatic rings. The first-order valence-electron chi connectivity index (χ1n) is 7.89. The van der Waals surface area contributed by atoms with Crippen molar-refractivity contribution in [2.24, 2.45) is 0 Å². The van der Waals surface area contributed by atoms with Crippen molar-refractivity contribution in [3.63, 3.8) is 0 Å². The van der Waals surface area contributed by atoms with Gasteiger partial charge in [0.2, 0.25) is 5.95 Å². The first-order chi connectivity index (χ1) is 13.7. The van der Waals surface area contributed by atoms with Crippen LogP contribution in [0.4, 0.5) is 38.1 Å². The molecule has 0 saturated heterocycles. The highest BCUT2D eigenvalue weighted by Crippen LogP contribution is 2.37. The number of fused-ring (bicyclic) bond motifs is 1. The number of nitrogens with zero attached hydrogens (tertiary/aromatic N) is 3. The number of alkyl halides is 6. The van der Waals surface area contributed by atoms with Crippen molar-refractivity contribution in [3.8, 4) is 11.3 Å². The van der Waals surface area contributed by atoms with Crippen LogP contribution in [0.5, 0.6) is 0 Å². The van der Waals surface area contributed by atoms with E-state index in [9.17, 15) is 26.3 Å². The molecule has 2 heterocycles. The Hall–Kier alpha value is -3.64. The number of hydrogen-bond acceptors (Lipinski definition) is 6. The molecule has 0 bridgehead atoms. The number of nitrogen functional groups attached to an aromatic ring is 2. The summed E-state index contributed by atoms with van der Waals surface area (Å²) in [5, 5.41) is 7.60. The van der Waals surface area contributed by atoms with Gasteiger partial charge in [0.25, 0.3) is 0 Å². The lowest BCUT2D eigenvalue weighted by Crippen LogP contribution is -2.21. The molecule has 3 rings (SSSR count). The van der Waals surface area contributed by atoms with Crippen LogP contribution in [-0.2, 0) is 11.0 Å². The van der Waals surface area contributed by atoms with Crippen molar-refractivity contribution in [3.05, 3.63) is 41.5 Å². The average molecular weight is 433 g/mol. The van der Waals surface area contributed by atoms with Crippen LogP contribution >= 0.6 is 0 Å². The number of benzene rings is 1. The second-order valence-corrected chi connectivity index (χ2v) is 5.84. The van der Waals surface area contributed by atoms with E-state index in [4.69, 9.17) is 21.4 Å². The van der Waals surface area contributed by atoms with Crippen molar-refractivity contribution in [1.29, 1.82) is 0 Å². The molecular weight excluding hydrogens is 420 g/mol. The van der Waals surface area contributed by atoms with Gasteiger partial charge in [-0.1, -0.05) is 18.2 Å². The number of halogens is 6. The molecule has 2 aromatic heterocycles. The number of aliphatic carboxylic acids is 1. The molecule has 5 N–H and O–H groups in total. The fraction of sp³-hybridized carbons (Fsp3) is 0.176. The van der Waals surface area contributed by atoms with E-state index >= 15 is 0 Å². The average Bonchev–Trinajstić information content (AvgIpc) is 2.59. The quantitative estimate of drug-likeness (QED) is 0.498. The SMILES string of the molecule is Cc1cc(-c2ccccc2C(F)(F)F)nc2nc(N)nc(N)c12.O=C(O)C(F)(F)F. The number of carbonyl (C=O) groups is 1. The molecule has 0 aliphatic carbocycles. The number of carboxylic acids is 1. The van der Waals surface area contributed by atoms with Gasteiger partial charge in [-0.2, -0.15) is 36.3 Å². The Balaban J connectivity index is 0.000000396. The Kier molecular flexibility index (Phi) is 6.04. The van der Waals surface area contributed by atoms with E-state index in [-0.39, 0.29) is 28.7 Å². The lowest BCUT2D eigenvalue weighted by molar-refractivity contribution is -0.192. The fourth-order valence-electron chi connectivity index (χ4n) is 2.46. The van der Waals surface area contributed by atoms with Crippen LogP contribution in [0.3, 0.4) is 0 Å². The summed E-state index contributed by atoms with van der Waals surface area (Å²) in [7, 11) is 0. The predicted octanol–water partition coefficient (Wildman–Crippen LogP) is 3.82. The molecule has 0 aliphatic heterocycles. The third-order valence-electron chi connectivity index (χ3n) is 3.66. The van der Waals surface area contributed by atoms with Gasteiger partial charge in [0.1, 0.15) is 5.82 Å². The van der Waals surface area contributed by atoms with E-state index < -0.39 is 23.9 Å². The number of aromatic nitrogens is 3. The molecule has 7 nitrogen and oxygen atoms in total. The topological polar surface area (TPSA) is 128 Å². The minimum absolute atomic E-state index is 0.0271. The summed E-state index contributed by atoms with van der Waals surface area (Å²) >= 11 is 0. The first kappa shape index (κ1) is 22.6. The Labute approximate surface area is 164 Å². The molecule has 1 aromatic carbocycles. The Morgan fingerprint density at radius 3 is 2.10 bits per heavy atom. The maximum absolute atomic E-state index is 13.2. The van der Waals surface area contributed by atoms with Gasteiger partial charge in [0.15, 0.2) is 5.65 Å². The second-order valence-electron chi connectivity index (χ2n) is 5.84. The molecule has 0 fully saturated rings. The lowest BCUT2D eigenvalue weighted by Gasteiger charge is -2.13. The minimum Gasteiger partial charge on any atom is -0.475 e. The molecule has 0 radical (unpaired) electrons. The van der Waals surface area contributed by atoms with Gasteiger partial charge in [-0.05, 0) is 24.6 Å². The highest BCUT2D eigenvalue weighted by molar-refractivity contribution is 5.91. The summed E-state index contributed by atoms with van der Waals surface area (Å²) in [5.41, 5.74) is 11.5. The largest absolute Gasteiger partial charge is 0.490 e. The number of carboxylic acid groups (broad SMARTS) is 1. The normalized spacial score (nSPS) is 11.7. The second kappa shape index (κ2) is 8.00. The van der Waals surface area contributed by atoms with Crippen molar-refractivity contribution in [2.45, 2.75) is 19.3 Å². The van der Waals surface area contributed by atoms with E-state index in [0.717, 1.165) is 6.07 Å². The van der Waals surface area contributed by atoms with Crippen LogP contribution in [0.25, 0.3) is 22.3 Å². The van der Waals surface area contributed by atoms with Crippen LogP contribution in [0.15, 0.2) is 30.3 Å². The maximum Gasteiger partial charge on any atom is 0.490 e. The number of pyridine rings is 1. The summed E-state index contributed by atoms with van der Waals surface area (Å²) in [6, 6.07) is 6.76. The van der Waals surface area contributed by atoms with Crippen molar-refractivity contribution in [1.82, 2.24) is 15.0 Å². The van der Waals surface area contributed by atoms with E-state index in [0.29, 0.717) is 10.9 Å². The summed E-state index contributed by atoms with van der Waals surface area (Å²) in [6.07, 6.45) is -9.56. The van der Waals surface area contributed by atoms with Crippen LogP contribution in [0, 0.1) is 6.92 Å². The zero-order valence-corrected chi connectivity index (χ0v) is 15.0. The highest BCUT2D eigenvalue weighted by atomic mass is 19.4. The fourth-order valence-corrected chi connectivity index (χ4v) is 2.46. The van der Waals surface area contributed by atoms with Gasteiger partial charge in [-0.25, -0.2) is 9.78 Å². The highest BCUT2D eigenvalue weighted by Gasteiger charge is 2.38. The van der Waals surface area contributed by atoms with E-state index in [1.54, 1.807) is 6.92 Å². The van der Waals surface area contributed by atoms with E-state index in [2.05, 4.69) is 15.0 Å². The van der Waals surface area contributed by atoms with E-state index in [1.807, 2.05) is 0 Å². The van der Waals surface area contributed by atoms with Crippen molar-refractivity contribution in [2.75, 3.05) is 11.5 Å². The number of hydrogen-bond donors (Lipinski definition) is 3. The zero-order chi connectivity index (χ0) is 22.9. The standard InChI is InChI=1S/C15H12F3N5.C2HF3O2/c1-7-6-10(8-4-2-3-5-9(8)15(16,17)18)21-13-11(7)12(19)22-14(20)23-13;3-2(4,5)1(6)7/h2-6H,1H3,(H4,19,20,21,22,23);(H,6,7). The molecule has 0 unspecified atom stereocenters.